The molecule has 0 radical (unpaired) electrons. The lowest BCUT2D eigenvalue weighted by atomic mass is 10.2. The molecule has 8 heteroatoms. The standard InChI is InChI=1S/C12H16BrF3N4/c1-2-3-4-18-11(20-17)19-10-6-8(12(14,15)16)5-9(13)7-10/h5-7H,2-4,17H2,1H3,(H2,18,19,20). The van der Waals surface area contributed by atoms with Gasteiger partial charge in [-0.3, -0.25) is 10.4 Å². The smallest absolute Gasteiger partial charge is 0.325 e. The van der Waals surface area contributed by atoms with E-state index >= 15 is 0 Å². The zero-order chi connectivity index (χ0) is 15.2. The molecule has 1 aromatic carbocycles. The molecule has 4 nitrogen and oxygen atoms in total. The maximum atomic E-state index is 12.7. The minimum absolute atomic E-state index is 0.227. The predicted octanol–water partition coefficient (Wildman–Crippen LogP) is 3.50. The van der Waals surface area contributed by atoms with E-state index in [2.05, 4.69) is 31.7 Å². The molecule has 0 heterocycles. The highest BCUT2D eigenvalue weighted by Gasteiger charge is 2.31. The van der Waals surface area contributed by atoms with Crippen LogP contribution in [-0.2, 0) is 6.18 Å². The molecule has 0 aromatic heterocycles. The fourth-order valence-electron chi connectivity index (χ4n) is 1.43. The number of nitrogens with zero attached hydrogens (tertiary/aromatic N) is 1. The van der Waals surface area contributed by atoms with Gasteiger partial charge >= 0.3 is 6.18 Å². The molecule has 0 saturated carbocycles. The average molecular weight is 353 g/mol. The summed E-state index contributed by atoms with van der Waals surface area (Å²) in [7, 11) is 0. The van der Waals surface area contributed by atoms with Crippen molar-refractivity contribution in [3.63, 3.8) is 0 Å². The van der Waals surface area contributed by atoms with Gasteiger partial charge in [0.05, 0.1) is 5.56 Å². The maximum Gasteiger partial charge on any atom is 0.416 e. The number of nitrogens with one attached hydrogen (secondary N) is 2. The Morgan fingerprint density at radius 1 is 1.35 bits per heavy atom. The fourth-order valence-corrected chi connectivity index (χ4v) is 1.93. The number of guanidine groups is 1. The van der Waals surface area contributed by atoms with Gasteiger partial charge < -0.3 is 5.32 Å². The third-order valence-electron chi connectivity index (χ3n) is 2.41. The molecule has 0 fully saturated rings. The van der Waals surface area contributed by atoms with Crippen LogP contribution in [0.25, 0.3) is 0 Å². The summed E-state index contributed by atoms with van der Waals surface area (Å²) in [6, 6.07) is 3.52. The van der Waals surface area contributed by atoms with Crippen LogP contribution in [0.4, 0.5) is 18.9 Å². The largest absolute Gasteiger partial charge is 0.416 e. The first-order valence-corrected chi connectivity index (χ1v) is 6.82. The third kappa shape index (κ3) is 5.38. The summed E-state index contributed by atoms with van der Waals surface area (Å²) in [5.41, 5.74) is 1.83. The first kappa shape index (κ1) is 16.8. The highest BCUT2D eigenvalue weighted by atomic mass is 79.9. The molecule has 1 aromatic rings. The molecule has 0 atom stereocenters. The Balaban J connectivity index is 2.91. The molecule has 0 aliphatic rings. The number of halogens is 4. The number of hydrogen-bond acceptors (Lipinski definition) is 2. The summed E-state index contributed by atoms with van der Waals surface area (Å²) in [6.45, 7) is 2.56. The van der Waals surface area contributed by atoms with Gasteiger partial charge in [-0.25, -0.2) is 5.84 Å². The van der Waals surface area contributed by atoms with Crippen molar-refractivity contribution in [1.82, 2.24) is 5.43 Å². The predicted molar refractivity (Wildman–Crippen MR) is 77.3 cm³/mol. The Kier molecular flexibility index (Phi) is 6.28. The van der Waals surface area contributed by atoms with Gasteiger partial charge in [0.2, 0.25) is 5.96 Å². The number of alkyl halides is 3. The molecule has 0 unspecified atom stereocenters. The van der Waals surface area contributed by atoms with Crippen molar-refractivity contribution in [3.8, 4) is 0 Å². The Morgan fingerprint density at radius 3 is 2.60 bits per heavy atom. The van der Waals surface area contributed by atoms with Crippen molar-refractivity contribution < 1.29 is 13.2 Å². The molecule has 4 N–H and O–H groups in total. The maximum absolute atomic E-state index is 12.7. The number of hydrogen-bond donors (Lipinski definition) is 3. The van der Waals surface area contributed by atoms with E-state index in [1.165, 1.54) is 6.07 Å². The van der Waals surface area contributed by atoms with Crippen molar-refractivity contribution in [1.29, 1.82) is 0 Å². The topological polar surface area (TPSA) is 62.4 Å². The number of benzene rings is 1. The molecular formula is C12H16BrF3N4. The van der Waals surface area contributed by atoms with E-state index in [0.29, 0.717) is 11.0 Å². The second-order valence-electron chi connectivity index (χ2n) is 4.08. The van der Waals surface area contributed by atoms with Crippen molar-refractivity contribution in [3.05, 3.63) is 28.2 Å². The van der Waals surface area contributed by atoms with Crippen molar-refractivity contribution in [2.45, 2.75) is 25.9 Å². The normalized spacial score (nSPS) is 12.4. The summed E-state index contributed by atoms with van der Waals surface area (Å²) in [5, 5.41) is 2.72. The lowest BCUT2D eigenvalue weighted by Crippen LogP contribution is -2.36. The van der Waals surface area contributed by atoms with E-state index in [0.717, 1.165) is 25.0 Å². The average Bonchev–Trinajstić information content (AvgIpc) is 2.36. The van der Waals surface area contributed by atoms with Gasteiger partial charge in [0.1, 0.15) is 0 Å². The molecule has 1 rings (SSSR count). The quantitative estimate of drug-likeness (QED) is 0.255. The van der Waals surface area contributed by atoms with Crippen LogP contribution in [0.3, 0.4) is 0 Å². The second-order valence-corrected chi connectivity index (χ2v) is 5.00. The van der Waals surface area contributed by atoms with Gasteiger partial charge in [-0.1, -0.05) is 29.3 Å². The van der Waals surface area contributed by atoms with E-state index in [4.69, 9.17) is 5.84 Å². The number of anilines is 1. The second kappa shape index (κ2) is 7.49. The van der Waals surface area contributed by atoms with E-state index < -0.39 is 11.7 Å². The van der Waals surface area contributed by atoms with Gasteiger partial charge in [-0.05, 0) is 24.6 Å². The monoisotopic (exact) mass is 352 g/mol. The Hall–Kier alpha value is -1.28. The number of aliphatic imine (C=N–C) groups is 1. The third-order valence-corrected chi connectivity index (χ3v) is 2.86. The highest BCUT2D eigenvalue weighted by molar-refractivity contribution is 9.10. The minimum atomic E-state index is -4.41. The SMILES string of the molecule is CCCCN=C(NN)Nc1cc(Br)cc(C(F)(F)F)c1. The van der Waals surface area contributed by atoms with Crippen LogP contribution in [0.2, 0.25) is 0 Å². The summed E-state index contributed by atoms with van der Waals surface area (Å²) in [4.78, 5) is 4.12. The number of rotatable bonds is 4. The Bertz CT molecular complexity index is 474. The Morgan fingerprint density at radius 2 is 2.05 bits per heavy atom. The molecule has 20 heavy (non-hydrogen) atoms. The first-order valence-electron chi connectivity index (χ1n) is 6.02. The molecule has 0 amide bonds. The molecule has 0 spiro atoms. The van der Waals surface area contributed by atoms with Crippen molar-refractivity contribution >= 4 is 27.6 Å². The van der Waals surface area contributed by atoms with Crippen LogP contribution in [0.15, 0.2) is 27.7 Å². The van der Waals surface area contributed by atoms with E-state index in [1.54, 1.807) is 0 Å². The van der Waals surface area contributed by atoms with Gasteiger partial charge in [0, 0.05) is 16.7 Å². The molecule has 0 saturated heterocycles. The molecule has 0 aliphatic carbocycles. The van der Waals surface area contributed by atoms with E-state index in [9.17, 15) is 13.2 Å². The molecule has 112 valence electrons. The van der Waals surface area contributed by atoms with Gasteiger partial charge in [0.25, 0.3) is 0 Å². The van der Waals surface area contributed by atoms with Crippen LogP contribution < -0.4 is 16.6 Å². The zero-order valence-corrected chi connectivity index (χ0v) is 12.5. The molecule has 0 aliphatic heterocycles. The molecular weight excluding hydrogens is 337 g/mol. The number of hydrazine groups is 1. The minimum Gasteiger partial charge on any atom is -0.325 e. The number of nitrogens with two attached hydrogens (primary N) is 1. The van der Waals surface area contributed by atoms with Crippen LogP contribution >= 0.6 is 15.9 Å². The summed E-state index contributed by atoms with van der Waals surface area (Å²) in [6.07, 6.45) is -2.56. The Labute approximate surface area is 123 Å². The zero-order valence-electron chi connectivity index (χ0n) is 10.9. The highest BCUT2D eigenvalue weighted by Crippen LogP contribution is 2.33. The van der Waals surface area contributed by atoms with Crippen LogP contribution in [0.1, 0.15) is 25.3 Å². The van der Waals surface area contributed by atoms with Crippen molar-refractivity contribution in [2.75, 3.05) is 11.9 Å². The van der Waals surface area contributed by atoms with E-state index in [-0.39, 0.29) is 11.6 Å². The molecule has 0 bridgehead atoms. The van der Waals surface area contributed by atoms with Crippen LogP contribution in [0.5, 0.6) is 0 Å². The van der Waals surface area contributed by atoms with Gasteiger partial charge in [-0.2, -0.15) is 13.2 Å². The number of unbranched alkanes of at least 4 members (excludes halogenated alkanes) is 1. The first-order chi connectivity index (χ1) is 9.36. The summed E-state index contributed by atoms with van der Waals surface area (Å²) >= 11 is 3.05. The fraction of sp³-hybridized carbons (Fsp3) is 0.417. The van der Waals surface area contributed by atoms with Crippen molar-refractivity contribution in [2.24, 2.45) is 10.8 Å². The van der Waals surface area contributed by atoms with Crippen LogP contribution in [0, 0.1) is 0 Å². The summed E-state index contributed by atoms with van der Waals surface area (Å²) in [5.74, 6) is 5.51. The lowest BCUT2D eigenvalue weighted by Gasteiger charge is -2.13. The van der Waals surface area contributed by atoms with Gasteiger partial charge in [0.15, 0.2) is 0 Å². The van der Waals surface area contributed by atoms with Gasteiger partial charge in [-0.15, -0.1) is 0 Å². The van der Waals surface area contributed by atoms with E-state index in [1.807, 2.05) is 6.92 Å². The van der Waals surface area contributed by atoms with Crippen LogP contribution in [-0.4, -0.2) is 12.5 Å². The lowest BCUT2D eigenvalue weighted by molar-refractivity contribution is -0.137. The summed E-state index contributed by atoms with van der Waals surface area (Å²) < 4.78 is 38.4.